The van der Waals surface area contributed by atoms with E-state index in [1.807, 2.05) is 0 Å². The molecule has 1 aromatic rings. The molecule has 1 amide bonds. The van der Waals surface area contributed by atoms with Gasteiger partial charge in [-0.25, -0.2) is 0 Å². The quantitative estimate of drug-likeness (QED) is 0.897. The summed E-state index contributed by atoms with van der Waals surface area (Å²) in [6, 6.07) is 8.24. The number of amides is 1. The molecule has 1 aliphatic rings. The van der Waals surface area contributed by atoms with Crippen molar-refractivity contribution in [3.8, 4) is 0 Å². The van der Waals surface area contributed by atoms with Gasteiger partial charge in [0.15, 0.2) is 0 Å². The number of halogens is 1. The van der Waals surface area contributed by atoms with E-state index in [1.54, 1.807) is 6.92 Å². The van der Waals surface area contributed by atoms with Gasteiger partial charge in [0.1, 0.15) is 0 Å². The monoisotopic (exact) mass is 296 g/mol. The van der Waals surface area contributed by atoms with E-state index in [0.717, 1.165) is 12.8 Å². The molecule has 2 rings (SSSR count). The van der Waals surface area contributed by atoms with Gasteiger partial charge >= 0.3 is 0 Å². The van der Waals surface area contributed by atoms with Gasteiger partial charge in [-0.1, -0.05) is 42.7 Å². The molecule has 1 saturated carbocycles. The van der Waals surface area contributed by atoms with Gasteiger partial charge in [0, 0.05) is 12.0 Å². The largest absolute Gasteiger partial charge is 0.354 e. The SMILES string of the molecule is Cc1cccc(C2(CNC(=O)[C@H](C)N)CCCC2)c1.Cl. The van der Waals surface area contributed by atoms with Crippen molar-refractivity contribution in [1.82, 2.24) is 5.32 Å². The number of carbonyl (C=O) groups is 1. The number of rotatable bonds is 4. The smallest absolute Gasteiger partial charge is 0.236 e. The summed E-state index contributed by atoms with van der Waals surface area (Å²) in [5, 5.41) is 3.02. The molecule has 0 radical (unpaired) electrons. The Kier molecular flexibility index (Phi) is 6.03. The molecule has 0 aromatic heterocycles. The van der Waals surface area contributed by atoms with Crippen LogP contribution in [0.3, 0.4) is 0 Å². The van der Waals surface area contributed by atoms with Crippen LogP contribution in [0, 0.1) is 6.92 Å². The third-order valence-corrected chi connectivity index (χ3v) is 4.21. The third-order valence-electron chi connectivity index (χ3n) is 4.21. The van der Waals surface area contributed by atoms with Gasteiger partial charge in [0.05, 0.1) is 6.04 Å². The minimum absolute atomic E-state index is 0. The summed E-state index contributed by atoms with van der Waals surface area (Å²) in [7, 11) is 0. The van der Waals surface area contributed by atoms with Crippen LogP contribution in [0.2, 0.25) is 0 Å². The third kappa shape index (κ3) is 3.74. The lowest BCUT2D eigenvalue weighted by Crippen LogP contribution is -2.45. The second kappa shape index (κ2) is 7.09. The van der Waals surface area contributed by atoms with E-state index < -0.39 is 6.04 Å². The maximum Gasteiger partial charge on any atom is 0.236 e. The molecule has 1 fully saturated rings. The predicted molar refractivity (Wildman–Crippen MR) is 85.2 cm³/mol. The van der Waals surface area contributed by atoms with Crippen LogP contribution in [-0.2, 0) is 10.2 Å². The van der Waals surface area contributed by atoms with Crippen molar-refractivity contribution in [2.24, 2.45) is 5.73 Å². The van der Waals surface area contributed by atoms with E-state index in [2.05, 4.69) is 36.5 Å². The molecule has 1 aliphatic carbocycles. The first-order valence-electron chi connectivity index (χ1n) is 7.14. The van der Waals surface area contributed by atoms with Crippen LogP contribution < -0.4 is 11.1 Å². The summed E-state index contributed by atoms with van der Waals surface area (Å²) >= 11 is 0. The van der Waals surface area contributed by atoms with E-state index in [9.17, 15) is 4.79 Å². The maximum atomic E-state index is 11.7. The van der Waals surface area contributed by atoms with Gasteiger partial charge in [-0.15, -0.1) is 12.4 Å². The van der Waals surface area contributed by atoms with Crippen molar-refractivity contribution < 1.29 is 4.79 Å². The summed E-state index contributed by atoms with van der Waals surface area (Å²) < 4.78 is 0. The van der Waals surface area contributed by atoms with E-state index in [0.29, 0.717) is 6.54 Å². The van der Waals surface area contributed by atoms with E-state index >= 15 is 0 Å². The Morgan fingerprint density at radius 1 is 1.40 bits per heavy atom. The Morgan fingerprint density at radius 3 is 2.60 bits per heavy atom. The predicted octanol–water partition coefficient (Wildman–Crippen LogP) is 2.69. The van der Waals surface area contributed by atoms with Gasteiger partial charge in [-0.05, 0) is 32.3 Å². The number of nitrogens with one attached hydrogen (secondary N) is 1. The summed E-state index contributed by atoms with van der Waals surface area (Å²) in [5.41, 5.74) is 8.36. The van der Waals surface area contributed by atoms with Gasteiger partial charge in [0.25, 0.3) is 0 Å². The number of nitrogens with two attached hydrogens (primary N) is 1. The lowest BCUT2D eigenvalue weighted by Gasteiger charge is -2.30. The molecule has 1 aromatic carbocycles. The fraction of sp³-hybridized carbons (Fsp3) is 0.562. The molecule has 4 heteroatoms. The number of hydrogen-bond acceptors (Lipinski definition) is 2. The number of benzene rings is 1. The highest BCUT2D eigenvalue weighted by atomic mass is 35.5. The Hall–Kier alpha value is -1.06. The van der Waals surface area contributed by atoms with E-state index in [4.69, 9.17) is 5.73 Å². The normalized spacial score (nSPS) is 18.1. The van der Waals surface area contributed by atoms with Crippen molar-refractivity contribution in [3.05, 3.63) is 35.4 Å². The number of hydrogen-bond donors (Lipinski definition) is 2. The van der Waals surface area contributed by atoms with Crippen molar-refractivity contribution in [2.45, 2.75) is 51.0 Å². The van der Waals surface area contributed by atoms with Crippen LogP contribution in [0.1, 0.15) is 43.7 Å². The highest BCUT2D eigenvalue weighted by molar-refractivity contribution is 5.85. The van der Waals surface area contributed by atoms with Crippen LogP contribution in [0.5, 0.6) is 0 Å². The van der Waals surface area contributed by atoms with Crippen LogP contribution in [-0.4, -0.2) is 18.5 Å². The second-order valence-corrected chi connectivity index (χ2v) is 5.86. The topological polar surface area (TPSA) is 55.1 Å². The molecule has 0 spiro atoms. The maximum absolute atomic E-state index is 11.7. The Bertz CT molecular complexity index is 454. The van der Waals surface area contributed by atoms with Gasteiger partial charge in [0.2, 0.25) is 5.91 Å². The first kappa shape index (κ1) is 17.0. The lowest BCUT2D eigenvalue weighted by molar-refractivity contribution is -0.122. The molecular formula is C16H25ClN2O. The first-order chi connectivity index (χ1) is 9.03. The summed E-state index contributed by atoms with van der Waals surface area (Å²) in [6.07, 6.45) is 4.77. The second-order valence-electron chi connectivity index (χ2n) is 5.86. The first-order valence-corrected chi connectivity index (χ1v) is 7.14. The Labute approximate surface area is 127 Å². The molecule has 0 unspecified atom stereocenters. The molecule has 0 saturated heterocycles. The molecule has 1 atom stereocenters. The molecule has 0 aliphatic heterocycles. The molecule has 112 valence electrons. The van der Waals surface area contributed by atoms with Crippen molar-refractivity contribution >= 4 is 18.3 Å². The lowest BCUT2D eigenvalue weighted by atomic mass is 9.78. The van der Waals surface area contributed by atoms with Gasteiger partial charge in [-0.2, -0.15) is 0 Å². The van der Waals surface area contributed by atoms with Gasteiger partial charge < -0.3 is 11.1 Å². The minimum atomic E-state index is -0.434. The average Bonchev–Trinajstić information content (AvgIpc) is 2.86. The molecule has 3 nitrogen and oxygen atoms in total. The van der Waals surface area contributed by atoms with Crippen molar-refractivity contribution in [2.75, 3.05) is 6.54 Å². The highest BCUT2D eigenvalue weighted by Crippen LogP contribution is 2.40. The number of aryl methyl sites for hydroxylation is 1. The minimum Gasteiger partial charge on any atom is -0.354 e. The number of carbonyl (C=O) groups excluding carboxylic acids is 1. The van der Waals surface area contributed by atoms with Crippen LogP contribution in [0.25, 0.3) is 0 Å². The summed E-state index contributed by atoms with van der Waals surface area (Å²) in [4.78, 5) is 11.7. The summed E-state index contributed by atoms with van der Waals surface area (Å²) in [6.45, 7) is 4.55. The van der Waals surface area contributed by atoms with Gasteiger partial charge in [-0.3, -0.25) is 4.79 Å². The standard InChI is InChI=1S/C16H24N2O.ClH/c1-12-6-5-7-14(10-12)16(8-3-4-9-16)11-18-15(19)13(2)17;/h5-7,10,13H,3-4,8-9,11,17H2,1-2H3,(H,18,19);1H/t13-;/m0./s1. The average molecular weight is 297 g/mol. The molecule has 20 heavy (non-hydrogen) atoms. The summed E-state index contributed by atoms with van der Waals surface area (Å²) in [5.74, 6) is -0.0565. The van der Waals surface area contributed by atoms with Crippen LogP contribution in [0.15, 0.2) is 24.3 Å². The molecule has 3 N–H and O–H groups in total. The zero-order chi connectivity index (χ0) is 13.9. The zero-order valence-electron chi connectivity index (χ0n) is 12.3. The molecule has 0 bridgehead atoms. The fourth-order valence-corrected chi connectivity index (χ4v) is 3.01. The van der Waals surface area contributed by atoms with E-state index in [1.165, 1.54) is 24.0 Å². The van der Waals surface area contributed by atoms with Crippen LogP contribution >= 0.6 is 12.4 Å². The fourth-order valence-electron chi connectivity index (χ4n) is 3.01. The van der Waals surface area contributed by atoms with E-state index in [-0.39, 0.29) is 23.7 Å². The van der Waals surface area contributed by atoms with Crippen molar-refractivity contribution in [1.29, 1.82) is 0 Å². The highest BCUT2D eigenvalue weighted by Gasteiger charge is 2.36. The van der Waals surface area contributed by atoms with Crippen molar-refractivity contribution in [3.63, 3.8) is 0 Å². The Morgan fingerprint density at radius 2 is 2.05 bits per heavy atom. The van der Waals surface area contributed by atoms with Crippen LogP contribution in [0.4, 0.5) is 0 Å². The zero-order valence-corrected chi connectivity index (χ0v) is 13.1. The molecular weight excluding hydrogens is 272 g/mol. The Balaban J connectivity index is 0.00000200. The molecule has 0 heterocycles.